The number of hydrogen-bond acceptors (Lipinski definition) is 2. The first-order valence-electron chi connectivity index (χ1n) is 7.75. The molecule has 0 N–H and O–H groups in total. The molecule has 0 aliphatic carbocycles. The molecule has 0 aliphatic rings. The average molecular weight is 304 g/mol. The summed E-state index contributed by atoms with van der Waals surface area (Å²) >= 11 is 0. The molecular formula is C21H20O2. The fourth-order valence-corrected chi connectivity index (χ4v) is 2.25. The lowest BCUT2D eigenvalue weighted by molar-refractivity contribution is 0.107. The average Bonchev–Trinajstić information content (AvgIpc) is 2.59. The van der Waals surface area contributed by atoms with Crippen molar-refractivity contribution in [3.05, 3.63) is 95.6 Å². The first kappa shape index (κ1) is 15.3. The van der Waals surface area contributed by atoms with Gasteiger partial charge >= 0.3 is 0 Å². The highest BCUT2D eigenvalue weighted by Crippen LogP contribution is 2.21. The van der Waals surface area contributed by atoms with Crippen LogP contribution in [0.15, 0.2) is 78.9 Å². The number of benzene rings is 3. The van der Waals surface area contributed by atoms with Crippen LogP contribution in [-0.4, -0.2) is 0 Å². The monoisotopic (exact) mass is 304 g/mol. The lowest BCUT2D eigenvalue weighted by Gasteiger charge is -2.08. The van der Waals surface area contributed by atoms with E-state index >= 15 is 0 Å². The van der Waals surface area contributed by atoms with Crippen molar-refractivity contribution in [2.45, 2.75) is 20.1 Å². The van der Waals surface area contributed by atoms with Gasteiger partial charge in [0.25, 0.3) is 0 Å². The molecule has 0 unspecified atom stereocenters. The van der Waals surface area contributed by atoms with E-state index in [-0.39, 0.29) is 0 Å². The van der Waals surface area contributed by atoms with Gasteiger partial charge in [-0.1, -0.05) is 60.2 Å². The lowest BCUT2D eigenvalue weighted by atomic mass is 10.2. The molecule has 0 saturated carbocycles. The molecular weight excluding hydrogens is 284 g/mol. The van der Waals surface area contributed by atoms with E-state index in [1.807, 2.05) is 54.6 Å². The minimum absolute atomic E-state index is 0.597. The third kappa shape index (κ3) is 4.70. The number of ether oxygens (including phenoxy) is 2. The van der Waals surface area contributed by atoms with Crippen molar-refractivity contribution in [2.24, 2.45) is 0 Å². The van der Waals surface area contributed by atoms with Crippen LogP contribution in [0.5, 0.6) is 11.5 Å². The number of rotatable bonds is 6. The van der Waals surface area contributed by atoms with E-state index in [2.05, 4.69) is 31.2 Å². The zero-order valence-electron chi connectivity index (χ0n) is 13.2. The fourth-order valence-electron chi connectivity index (χ4n) is 2.25. The molecule has 0 amide bonds. The Labute approximate surface area is 137 Å². The van der Waals surface area contributed by atoms with E-state index in [4.69, 9.17) is 9.47 Å². The van der Waals surface area contributed by atoms with Gasteiger partial charge in [0.15, 0.2) is 0 Å². The molecule has 0 aliphatic heterocycles. The maximum absolute atomic E-state index is 5.78. The summed E-state index contributed by atoms with van der Waals surface area (Å²) in [5.41, 5.74) is 3.60. The molecule has 0 heterocycles. The second kappa shape index (κ2) is 7.61. The van der Waals surface area contributed by atoms with Gasteiger partial charge in [0, 0.05) is 0 Å². The van der Waals surface area contributed by atoms with E-state index in [0.717, 1.165) is 17.1 Å². The summed E-state index contributed by atoms with van der Waals surface area (Å²) in [6.07, 6.45) is 0. The molecule has 0 fully saturated rings. The Hall–Kier alpha value is -2.58. The molecule has 3 aromatic carbocycles. The predicted molar refractivity (Wildman–Crippen MR) is 92.6 cm³/mol. The lowest BCUT2D eigenvalue weighted by Crippen LogP contribution is -1.94. The zero-order valence-corrected chi connectivity index (χ0v) is 13.2. The van der Waals surface area contributed by atoms with Crippen molar-refractivity contribution in [1.82, 2.24) is 0 Å². The highest BCUT2D eigenvalue weighted by molar-refractivity contribution is 5.32. The van der Waals surface area contributed by atoms with Gasteiger partial charge in [0.05, 0.1) is 13.2 Å². The van der Waals surface area contributed by atoms with Crippen LogP contribution < -0.4 is 4.74 Å². The second-order valence-corrected chi connectivity index (χ2v) is 5.54. The van der Waals surface area contributed by atoms with E-state index < -0.39 is 0 Å². The predicted octanol–water partition coefficient (Wildman–Crippen LogP) is 5.50. The molecule has 0 aromatic heterocycles. The minimum Gasteiger partial charge on any atom is -0.457 e. The summed E-state index contributed by atoms with van der Waals surface area (Å²) < 4.78 is 11.5. The van der Waals surface area contributed by atoms with Gasteiger partial charge in [-0.2, -0.15) is 0 Å². The summed E-state index contributed by atoms with van der Waals surface area (Å²) in [5.74, 6) is 1.68. The second-order valence-electron chi connectivity index (χ2n) is 5.54. The fraction of sp³-hybridized carbons (Fsp3) is 0.143. The molecule has 0 radical (unpaired) electrons. The largest absolute Gasteiger partial charge is 0.457 e. The van der Waals surface area contributed by atoms with Crippen LogP contribution in [-0.2, 0) is 18.0 Å². The quantitative estimate of drug-likeness (QED) is 0.598. The maximum Gasteiger partial charge on any atom is 0.127 e. The third-order valence-electron chi connectivity index (χ3n) is 3.56. The van der Waals surface area contributed by atoms with Crippen LogP contribution in [0.3, 0.4) is 0 Å². The van der Waals surface area contributed by atoms with Crippen molar-refractivity contribution < 1.29 is 9.47 Å². The van der Waals surface area contributed by atoms with Crippen LogP contribution in [0.4, 0.5) is 0 Å². The van der Waals surface area contributed by atoms with Gasteiger partial charge in [-0.25, -0.2) is 0 Å². The van der Waals surface area contributed by atoms with Crippen LogP contribution in [0.2, 0.25) is 0 Å². The van der Waals surface area contributed by atoms with Gasteiger partial charge < -0.3 is 9.47 Å². The third-order valence-corrected chi connectivity index (χ3v) is 3.56. The van der Waals surface area contributed by atoms with Gasteiger partial charge in [-0.05, 0) is 42.3 Å². The Balaban J connectivity index is 1.50. The van der Waals surface area contributed by atoms with E-state index in [1.54, 1.807) is 0 Å². The molecule has 3 rings (SSSR count). The molecule has 0 spiro atoms. The number of aryl methyl sites for hydroxylation is 1. The molecule has 2 heteroatoms. The summed E-state index contributed by atoms with van der Waals surface area (Å²) in [4.78, 5) is 0. The SMILES string of the molecule is Cc1ccc(COCc2ccc(Oc3ccccc3)cc2)cc1. The van der Waals surface area contributed by atoms with Crippen molar-refractivity contribution in [3.8, 4) is 11.5 Å². The van der Waals surface area contributed by atoms with Crippen LogP contribution in [0.25, 0.3) is 0 Å². The van der Waals surface area contributed by atoms with E-state index in [9.17, 15) is 0 Å². The normalized spacial score (nSPS) is 10.5. The molecule has 0 bridgehead atoms. The molecule has 0 saturated heterocycles. The highest BCUT2D eigenvalue weighted by Gasteiger charge is 1.99. The summed E-state index contributed by atoms with van der Waals surface area (Å²) in [6, 6.07) is 26.2. The van der Waals surface area contributed by atoms with Crippen molar-refractivity contribution >= 4 is 0 Å². The molecule has 116 valence electrons. The summed E-state index contributed by atoms with van der Waals surface area (Å²) in [7, 11) is 0. The maximum atomic E-state index is 5.78. The van der Waals surface area contributed by atoms with Gasteiger partial charge in [-0.3, -0.25) is 0 Å². The first-order chi connectivity index (χ1) is 11.3. The standard InChI is InChI=1S/C21H20O2/c1-17-7-9-18(10-8-17)15-22-16-19-11-13-21(14-12-19)23-20-5-3-2-4-6-20/h2-14H,15-16H2,1H3. The number of hydrogen-bond donors (Lipinski definition) is 0. The van der Waals surface area contributed by atoms with E-state index in [0.29, 0.717) is 13.2 Å². The molecule has 3 aromatic rings. The first-order valence-corrected chi connectivity index (χ1v) is 7.75. The van der Waals surface area contributed by atoms with Crippen LogP contribution in [0.1, 0.15) is 16.7 Å². The highest BCUT2D eigenvalue weighted by atomic mass is 16.5. The minimum atomic E-state index is 0.597. The van der Waals surface area contributed by atoms with E-state index in [1.165, 1.54) is 11.1 Å². The molecule has 2 nitrogen and oxygen atoms in total. The van der Waals surface area contributed by atoms with Gasteiger partial charge in [-0.15, -0.1) is 0 Å². The molecule has 0 atom stereocenters. The van der Waals surface area contributed by atoms with Gasteiger partial charge in [0.1, 0.15) is 11.5 Å². The number of para-hydroxylation sites is 1. The topological polar surface area (TPSA) is 18.5 Å². The van der Waals surface area contributed by atoms with Crippen molar-refractivity contribution in [2.75, 3.05) is 0 Å². The van der Waals surface area contributed by atoms with Gasteiger partial charge in [0.2, 0.25) is 0 Å². The smallest absolute Gasteiger partial charge is 0.127 e. The Morgan fingerprint density at radius 1 is 0.609 bits per heavy atom. The van der Waals surface area contributed by atoms with Crippen LogP contribution >= 0.6 is 0 Å². The van der Waals surface area contributed by atoms with Crippen LogP contribution in [0, 0.1) is 6.92 Å². The Morgan fingerprint density at radius 3 is 1.74 bits per heavy atom. The summed E-state index contributed by atoms with van der Waals surface area (Å²) in [5, 5.41) is 0. The Morgan fingerprint density at radius 2 is 1.13 bits per heavy atom. The van der Waals surface area contributed by atoms with Crippen molar-refractivity contribution in [1.29, 1.82) is 0 Å². The zero-order chi connectivity index (χ0) is 15.9. The summed E-state index contributed by atoms with van der Waals surface area (Å²) in [6.45, 7) is 3.31. The Bertz CT molecular complexity index is 716. The Kier molecular flexibility index (Phi) is 5.07. The van der Waals surface area contributed by atoms with Crippen molar-refractivity contribution in [3.63, 3.8) is 0 Å². The molecule has 23 heavy (non-hydrogen) atoms.